The Balaban J connectivity index is 2.17. The molecule has 1 saturated carbocycles. The lowest BCUT2D eigenvalue weighted by Crippen LogP contribution is -2.53. The lowest BCUT2D eigenvalue weighted by Gasteiger charge is -2.29. The number of benzene rings is 1. The molecule has 20 heavy (non-hydrogen) atoms. The molecule has 1 aromatic rings. The molecule has 1 atom stereocenters. The van der Waals surface area contributed by atoms with Crippen molar-refractivity contribution in [2.75, 3.05) is 6.54 Å². The first-order chi connectivity index (χ1) is 9.40. The van der Waals surface area contributed by atoms with Crippen LogP contribution >= 0.6 is 0 Å². The summed E-state index contributed by atoms with van der Waals surface area (Å²) >= 11 is 0. The largest absolute Gasteiger partial charge is 0.329 e. The Kier molecular flexibility index (Phi) is 4.14. The molecule has 0 saturated heterocycles. The molecule has 0 heterocycles. The predicted octanol–water partition coefficient (Wildman–Crippen LogP) is 1.11. The first-order valence-corrected chi connectivity index (χ1v) is 8.25. The van der Waals surface area contributed by atoms with Crippen LogP contribution in [-0.2, 0) is 15.8 Å². The van der Waals surface area contributed by atoms with Crippen molar-refractivity contribution in [3.05, 3.63) is 35.4 Å². The predicted molar refractivity (Wildman–Crippen MR) is 77.1 cm³/mol. The van der Waals surface area contributed by atoms with Gasteiger partial charge in [-0.05, 0) is 37.3 Å². The van der Waals surface area contributed by atoms with Gasteiger partial charge in [0.05, 0.1) is 17.4 Å². The first kappa shape index (κ1) is 15.0. The normalized spacial score (nSPS) is 18.2. The minimum absolute atomic E-state index is 0.195. The standard InChI is InChI=1S/C14H19N3O2S/c1-14(10-16,13-6-7-13)17-20(18,19)9-12-5-3-2-4-11(12)8-15/h2-5,13,17H,6-7,9-10,16H2,1H3. The van der Waals surface area contributed by atoms with E-state index in [4.69, 9.17) is 11.0 Å². The van der Waals surface area contributed by atoms with E-state index < -0.39 is 15.6 Å². The van der Waals surface area contributed by atoms with Crippen molar-refractivity contribution < 1.29 is 8.42 Å². The van der Waals surface area contributed by atoms with Gasteiger partial charge in [0, 0.05) is 12.1 Å². The minimum Gasteiger partial charge on any atom is -0.329 e. The van der Waals surface area contributed by atoms with Gasteiger partial charge < -0.3 is 5.73 Å². The van der Waals surface area contributed by atoms with Crippen molar-refractivity contribution >= 4 is 10.0 Å². The topological polar surface area (TPSA) is 96.0 Å². The number of nitrogens with zero attached hydrogens (tertiary/aromatic N) is 1. The molecule has 1 unspecified atom stereocenters. The Hall–Kier alpha value is -1.42. The van der Waals surface area contributed by atoms with Crippen LogP contribution in [-0.4, -0.2) is 20.5 Å². The van der Waals surface area contributed by atoms with Crippen molar-refractivity contribution in [1.29, 1.82) is 5.26 Å². The van der Waals surface area contributed by atoms with Gasteiger partial charge in [-0.2, -0.15) is 5.26 Å². The SMILES string of the molecule is CC(CN)(NS(=O)(=O)Cc1ccccc1C#N)C1CC1. The van der Waals surface area contributed by atoms with Gasteiger partial charge in [-0.25, -0.2) is 13.1 Å². The number of rotatable bonds is 6. The second-order valence-electron chi connectivity index (χ2n) is 5.53. The van der Waals surface area contributed by atoms with Crippen molar-refractivity contribution in [3.8, 4) is 6.07 Å². The Morgan fingerprint density at radius 3 is 2.65 bits per heavy atom. The van der Waals surface area contributed by atoms with E-state index in [0.29, 0.717) is 17.0 Å². The van der Waals surface area contributed by atoms with Gasteiger partial charge in [0.1, 0.15) is 0 Å². The Bertz CT molecular complexity index is 632. The fourth-order valence-corrected chi connectivity index (χ4v) is 4.06. The molecule has 3 N–H and O–H groups in total. The van der Waals surface area contributed by atoms with Gasteiger partial charge in [-0.1, -0.05) is 18.2 Å². The molecule has 0 radical (unpaired) electrons. The maximum Gasteiger partial charge on any atom is 0.216 e. The quantitative estimate of drug-likeness (QED) is 0.821. The van der Waals surface area contributed by atoms with Crippen LogP contribution in [0, 0.1) is 17.2 Å². The molecule has 0 spiro atoms. The highest BCUT2D eigenvalue weighted by atomic mass is 32.2. The van der Waals surface area contributed by atoms with Crippen LogP contribution < -0.4 is 10.5 Å². The van der Waals surface area contributed by atoms with E-state index in [1.807, 2.05) is 13.0 Å². The summed E-state index contributed by atoms with van der Waals surface area (Å²) in [6.45, 7) is 2.12. The summed E-state index contributed by atoms with van der Waals surface area (Å²) in [5, 5.41) is 9.01. The molecule has 108 valence electrons. The molecular weight excluding hydrogens is 274 g/mol. The second-order valence-corrected chi connectivity index (χ2v) is 7.25. The number of nitrogens with one attached hydrogen (secondary N) is 1. The van der Waals surface area contributed by atoms with E-state index in [1.54, 1.807) is 24.3 Å². The summed E-state index contributed by atoms with van der Waals surface area (Å²) in [5.74, 6) is 0.118. The lowest BCUT2D eigenvalue weighted by atomic mass is 9.98. The lowest BCUT2D eigenvalue weighted by molar-refractivity contribution is 0.374. The van der Waals surface area contributed by atoms with Crippen molar-refractivity contribution in [2.45, 2.75) is 31.1 Å². The number of hydrogen-bond donors (Lipinski definition) is 2. The van der Waals surface area contributed by atoms with Crippen LogP contribution in [0.25, 0.3) is 0 Å². The van der Waals surface area contributed by atoms with Gasteiger partial charge in [0.15, 0.2) is 0 Å². The van der Waals surface area contributed by atoms with E-state index in [-0.39, 0.29) is 12.3 Å². The van der Waals surface area contributed by atoms with Crippen LogP contribution in [0.5, 0.6) is 0 Å². The summed E-state index contributed by atoms with van der Waals surface area (Å²) in [7, 11) is -3.52. The minimum atomic E-state index is -3.52. The number of nitrogens with two attached hydrogens (primary N) is 1. The van der Waals surface area contributed by atoms with E-state index in [1.165, 1.54) is 0 Å². The molecule has 1 fully saturated rings. The highest BCUT2D eigenvalue weighted by molar-refractivity contribution is 7.88. The zero-order valence-corrected chi connectivity index (χ0v) is 12.3. The van der Waals surface area contributed by atoms with Crippen LogP contribution in [0.15, 0.2) is 24.3 Å². The summed E-state index contributed by atoms with van der Waals surface area (Å²) in [6.07, 6.45) is 2.01. The van der Waals surface area contributed by atoms with Crippen LogP contribution in [0.4, 0.5) is 0 Å². The number of hydrogen-bond acceptors (Lipinski definition) is 4. The molecule has 6 heteroatoms. The van der Waals surface area contributed by atoms with Crippen LogP contribution in [0.3, 0.4) is 0 Å². The fourth-order valence-electron chi connectivity index (χ4n) is 2.36. The van der Waals surface area contributed by atoms with E-state index in [2.05, 4.69) is 4.72 Å². The number of sulfonamides is 1. The van der Waals surface area contributed by atoms with Crippen LogP contribution in [0.2, 0.25) is 0 Å². The molecular formula is C14H19N3O2S. The molecule has 5 nitrogen and oxygen atoms in total. The third-order valence-electron chi connectivity index (χ3n) is 3.77. The summed E-state index contributed by atoms with van der Waals surface area (Å²) in [5.41, 5.74) is 6.04. The van der Waals surface area contributed by atoms with Crippen molar-refractivity contribution in [1.82, 2.24) is 4.72 Å². The monoisotopic (exact) mass is 293 g/mol. The molecule has 0 amide bonds. The number of nitriles is 1. The Labute approximate surface area is 119 Å². The molecule has 2 rings (SSSR count). The van der Waals surface area contributed by atoms with E-state index in [0.717, 1.165) is 12.8 Å². The van der Waals surface area contributed by atoms with Gasteiger partial charge in [-0.15, -0.1) is 0 Å². The fraction of sp³-hybridized carbons (Fsp3) is 0.500. The Morgan fingerprint density at radius 1 is 1.45 bits per heavy atom. The maximum absolute atomic E-state index is 12.3. The maximum atomic E-state index is 12.3. The van der Waals surface area contributed by atoms with Crippen LogP contribution in [0.1, 0.15) is 30.9 Å². The van der Waals surface area contributed by atoms with Gasteiger partial charge in [0.25, 0.3) is 0 Å². The summed E-state index contributed by atoms with van der Waals surface area (Å²) in [6, 6.07) is 8.74. The molecule has 1 aromatic carbocycles. The summed E-state index contributed by atoms with van der Waals surface area (Å²) < 4.78 is 27.3. The molecule has 1 aliphatic rings. The smallest absolute Gasteiger partial charge is 0.216 e. The van der Waals surface area contributed by atoms with E-state index in [9.17, 15) is 8.42 Å². The second kappa shape index (κ2) is 5.52. The van der Waals surface area contributed by atoms with Crippen molar-refractivity contribution in [2.24, 2.45) is 11.7 Å². The Morgan fingerprint density at radius 2 is 2.10 bits per heavy atom. The van der Waals surface area contributed by atoms with Gasteiger partial charge in [0.2, 0.25) is 10.0 Å². The van der Waals surface area contributed by atoms with Crippen molar-refractivity contribution in [3.63, 3.8) is 0 Å². The van der Waals surface area contributed by atoms with Gasteiger partial charge >= 0.3 is 0 Å². The highest BCUT2D eigenvalue weighted by Crippen LogP contribution is 2.39. The molecule has 0 bridgehead atoms. The first-order valence-electron chi connectivity index (χ1n) is 6.60. The summed E-state index contributed by atoms with van der Waals surface area (Å²) in [4.78, 5) is 0. The zero-order valence-electron chi connectivity index (χ0n) is 11.5. The average Bonchev–Trinajstić information content (AvgIpc) is 3.23. The molecule has 0 aliphatic heterocycles. The van der Waals surface area contributed by atoms with Gasteiger partial charge in [-0.3, -0.25) is 0 Å². The third kappa shape index (κ3) is 3.37. The van der Waals surface area contributed by atoms with E-state index >= 15 is 0 Å². The third-order valence-corrected chi connectivity index (χ3v) is 5.24. The zero-order chi connectivity index (χ0) is 14.8. The highest BCUT2D eigenvalue weighted by Gasteiger charge is 2.43. The molecule has 1 aliphatic carbocycles. The molecule has 0 aromatic heterocycles. The average molecular weight is 293 g/mol.